The molecule has 1 heterocycles. The second-order valence-corrected chi connectivity index (χ2v) is 6.61. The van der Waals surface area contributed by atoms with Crippen LogP contribution in [0, 0.1) is 0 Å². The van der Waals surface area contributed by atoms with Gasteiger partial charge in [-0.1, -0.05) is 25.5 Å². The minimum absolute atomic E-state index is 0.291. The van der Waals surface area contributed by atoms with Crippen molar-refractivity contribution in [3.63, 3.8) is 0 Å². The van der Waals surface area contributed by atoms with Gasteiger partial charge < -0.3 is 35.3 Å². The van der Waals surface area contributed by atoms with Gasteiger partial charge in [0.1, 0.15) is 5.75 Å². The molecule has 1 aromatic carbocycles. The van der Waals surface area contributed by atoms with Crippen LogP contribution >= 0.6 is 0 Å². The lowest BCUT2D eigenvalue weighted by Crippen LogP contribution is -2.17. The molecule has 0 aliphatic heterocycles. The van der Waals surface area contributed by atoms with Crippen molar-refractivity contribution in [2.45, 2.75) is 26.3 Å². The van der Waals surface area contributed by atoms with Crippen LogP contribution in [0.15, 0.2) is 24.3 Å². The fourth-order valence-electron chi connectivity index (χ4n) is 2.45. The van der Waals surface area contributed by atoms with Crippen LogP contribution in [-0.2, 0) is 16.0 Å². The lowest BCUT2D eigenvalue weighted by molar-refractivity contribution is 0.0547. The van der Waals surface area contributed by atoms with Crippen molar-refractivity contribution < 1.29 is 18.9 Å². The van der Waals surface area contributed by atoms with Crippen molar-refractivity contribution in [2.75, 3.05) is 63.9 Å². The molecule has 2 aromatic rings. The van der Waals surface area contributed by atoms with E-state index in [9.17, 15) is 0 Å². The Bertz CT molecular complexity index is 732. The number of nitrogens with two attached hydrogens (primary N) is 1. The molecule has 0 aliphatic carbocycles. The summed E-state index contributed by atoms with van der Waals surface area (Å²) < 4.78 is 21.6. The van der Waals surface area contributed by atoms with E-state index < -0.39 is 0 Å². The molecule has 2 rings (SSSR count). The minimum atomic E-state index is 0.291. The van der Waals surface area contributed by atoms with Crippen molar-refractivity contribution in [3.8, 4) is 11.8 Å². The summed E-state index contributed by atoms with van der Waals surface area (Å²) in [6.45, 7) is 6.37. The zero-order valence-corrected chi connectivity index (χ0v) is 18.4. The van der Waals surface area contributed by atoms with Gasteiger partial charge in [0.2, 0.25) is 11.9 Å². The molecule has 0 bridgehead atoms. The Morgan fingerprint density at radius 1 is 0.871 bits per heavy atom. The first-order valence-electron chi connectivity index (χ1n) is 10.6. The number of hydrogen-bond donors (Lipinski definition) is 3. The third kappa shape index (κ3) is 10.3. The highest BCUT2D eigenvalue weighted by atomic mass is 16.5. The third-order valence-corrected chi connectivity index (χ3v) is 4.12. The predicted molar refractivity (Wildman–Crippen MR) is 120 cm³/mol. The summed E-state index contributed by atoms with van der Waals surface area (Å²) in [6.07, 6.45) is 1.97. The molecular formula is C21H34N6O4. The van der Waals surface area contributed by atoms with E-state index in [0.717, 1.165) is 24.2 Å². The number of anilines is 2. The number of unbranched alkanes of at least 4 members (excludes halogenated alkanes) is 1. The lowest BCUT2D eigenvalue weighted by atomic mass is 10.2. The SMILES string of the molecule is CCCCOc1nc(NCCOCCOCCN)nc(NCc2ccc(OC)cc2)n1. The molecule has 0 saturated carbocycles. The molecule has 0 unspecified atom stereocenters. The Morgan fingerprint density at radius 3 is 2.26 bits per heavy atom. The highest BCUT2D eigenvalue weighted by Crippen LogP contribution is 2.15. The van der Waals surface area contributed by atoms with Crippen LogP contribution < -0.4 is 25.8 Å². The van der Waals surface area contributed by atoms with Crippen LogP contribution in [0.3, 0.4) is 0 Å². The number of hydrogen-bond acceptors (Lipinski definition) is 10. The molecule has 4 N–H and O–H groups in total. The largest absolute Gasteiger partial charge is 0.497 e. The number of nitrogens with zero attached hydrogens (tertiary/aromatic N) is 3. The normalized spacial score (nSPS) is 10.7. The molecule has 10 nitrogen and oxygen atoms in total. The average molecular weight is 435 g/mol. The van der Waals surface area contributed by atoms with E-state index in [1.807, 2.05) is 24.3 Å². The maximum absolute atomic E-state index is 5.68. The molecule has 1 aromatic heterocycles. The van der Waals surface area contributed by atoms with Gasteiger partial charge in [0, 0.05) is 19.6 Å². The zero-order valence-electron chi connectivity index (χ0n) is 18.4. The van der Waals surface area contributed by atoms with E-state index >= 15 is 0 Å². The fraction of sp³-hybridized carbons (Fsp3) is 0.571. The maximum Gasteiger partial charge on any atom is 0.323 e. The Labute approximate surface area is 183 Å². The molecule has 0 fully saturated rings. The van der Waals surface area contributed by atoms with Crippen molar-refractivity contribution >= 4 is 11.9 Å². The van der Waals surface area contributed by atoms with E-state index in [0.29, 0.717) is 70.6 Å². The summed E-state index contributed by atoms with van der Waals surface area (Å²) in [5.41, 5.74) is 6.45. The first-order chi connectivity index (χ1) is 15.2. The van der Waals surface area contributed by atoms with Gasteiger partial charge in [-0.25, -0.2) is 0 Å². The van der Waals surface area contributed by atoms with Crippen molar-refractivity contribution in [2.24, 2.45) is 5.73 Å². The molecule has 0 saturated heterocycles. The van der Waals surface area contributed by atoms with Crippen molar-refractivity contribution in [1.29, 1.82) is 0 Å². The number of benzene rings is 1. The van der Waals surface area contributed by atoms with Crippen LogP contribution in [-0.4, -0.2) is 68.2 Å². The second kappa shape index (κ2) is 15.2. The highest BCUT2D eigenvalue weighted by molar-refractivity contribution is 5.37. The zero-order chi connectivity index (χ0) is 22.2. The van der Waals surface area contributed by atoms with Crippen molar-refractivity contribution in [1.82, 2.24) is 15.0 Å². The average Bonchev–Trinajstić information content (AvgIpc) is 2.80. The van der Waals surface area contributed by atoms with Crippen LogP contribution in [0.1, 0.15) is 25.3 Å². The lowest BCUT2D eigenvalue weighted by Gasteiger charge is -2.11. The van der Waals surface area contributed by atoms with E-state index in [1.54, 1.807) is 7.11 Å². The smallest absolute Gasteiger partial charge is 0.323 e. The summed E-state index contributed by atoms with van der Waals surface area (Å²) in [5.74, 6) is 1.69. The topological polar surface area (TPSA) is 126 Å². The van der Waals surface area contributed by atoms with Crippen LogP contribution in [0.2, 0.25) is 0 Å². The van der Waals surface area contributed by atoms with E-state index in [1.165, 1.54) is 0 Å². The molecule has 0 radical (unpaired) electrons. The summed E-state index contributed by atoms with van der Waals surface area (Å²) in [6, 6.07) is 8.09. The molecule has 0 spiro atoms. The number of aromatic nitrogens is 3. The van der Waals surface area contributed by atoms with Gasteiger partial charge in [-0.2, -0.15) is 15.0 Å². The van der Waals surface area contributed by atoms with Crippen LogP contribution in [0.5, 0.6) is 11.8 Å². The van der Waals surface area contributed by atoms with Crippen LogP contribution in [0.4, 0.5) is 11.9 Å². The Morgan fingerprint density at radius 2 is 1.58 bits per heavy atom. The molecule has 31 heavy (non-hydrogen) atoms. The van der Waals surface area contributed by atoms with Crippen molar-refractivity contribution in [3.05, 3.63) is 29.8 Å². The Kier molecular flexibility index (Phi) is 12.0. The summed E-state index contributed by atoms with van der Waals surface area (Å²) in [4.78, 5) is 13.1. The summed E-state index contributed by atoms with van der Waals surface area (Å²) >= 11 is 0. The van der Waals surface area contributed by atoms with Gasteiger partial charge in [0.15, 0.2) is 0 Å². The molecule has 0 amide bonds. The standard InChI is InChI=1S/C21H34N6O4/c1-3-4-11-31-21-26-19(23-10-13-30-15-14-29-12-9-22)25-20(27-21)24-16-17-5-7-18(28-2)8-6-17/h5-8H,3-4,9-16,22H2,1-2H3,(H2,23,24,25,26,27). The number of rotatable bonds is 17. The molecule has 0 atom stereocenters. The van der Waals surface area contributed by atoms with Gasteiger partial charge in [-0.15, -0.1) is 0 Å². The second-order valence-electron chi connectivity index (χ2n) is 6.61. The van der Waals surface area contributed by atoms with E-state index in [-0.39, 0.29) is 0 Å². The Balaban J connectivity index is 1.87. The fourth-order valence-corrected chi connectivity index (χ4v) is 2.45. The molecular weight excluding hydrogens is 400 g/mol. The first kappa shape index (κ1) is 24.6. The molecule has 0 aliphatic rings. The van der Waals surface area contributed by atoms with Gasteiger partial charge in [0.05, 0.1) is 40.1 Å². The highest BCUT2D eigenvalue weighted by Gasteiger charge is 2.08. The first-order valence-corrected chi connectivity index (χ1v) is 10.6. The monoisotopic (exact) mass is 434 g/mol. The predicted octanol–water partition coefficient (Wildman–Crippen LogP) is 2.08. The Hall–Kier alpha value is -2.69. The number of nitrogens with one attached hydrogen (secondary N) is 2. The third-order valence-electron chi connectivity index (χ3n) is 4.12. The molecule has 172 valence electrons. The van der Waals surface area contributed by atoms with Gasteiger partial charge >= 0.3 is 6.01 Å². The summed E-state index contributed by atoms with van der Waals surface area (Å²) in [7, 11) is 1.65. The van der Waals surface area contributed by atoms with Gasteiger partial charge in [-0.3, -0.25) is 0 Å². The molecule has 10 heteroatoms. The minimum Gasteiger partial charge on any atom is -0.497 e. The van der Waals surface area contributed by atoms with Gasteiger partial charge in [0.25, 0.3) is 0 Å². The summed E-state index contributed by atoms with van der Waals surface area (Å²) in [5, 5.41) is 6.37. The van der Waals surface area contributed by atoms with E-state index in [2.05, 4.69) is 32.5 Å². The quantitative estimate of drug-likeness (QED) is 0.319. The number of ether oxygens (including phenoxy) is 4. The number of methoxy groups -OCH3 is 1. The van der Waals surface area contributed by atoms with E-state index in [4.69, 9.17) is 24.7 Å². The van der Waals surface area contributed by atoms with Gasteiger partial charge in [-0.05, 0) is 24.1 Å². The van der Waals surface area contributed by atoms with Crippen LogP contribution in [0.25, 0.3) is 0 Å². The maximum atomic E-state index is 5.68.